The molecular weight excluding hydrogens is 291 g/mol. The van der Waals surface area contributed by atoms with Gasteiger partial charge in [0.2, 0.25) is 5.91 Å². The lowest BCUT2D eigenvalue weighted by Gasteiger charge is -2.14. The van der Waals surface area contributed by atoms with Gasteiger partial charge in [-0.05, 0) is 42.1 Å². The van der Waals surface area contributed by atoms with Crippen LogP contribution in [0.25, 0.3) is 10.9 Å². The molecule has 0 aliphatic rings. The Kier molecular flexibility index (Phi) is 4.42. The van der Waals surface area contributed by atoms with E-state index in [1.54, 1.807) is 12.1 Å². The molecule has 3 rings (SSSR count). The molecule has 0 saturated heterocycles. The van der Waals surface area contributed by atoms with Gasteiger partial charge >= 0.3 is 0 Å². The largest absolute Gasteiger partial charge is 0.350 e. The minimum Gasteiger partial charge on any atom is -0.350 e. The summed E-state index contributed by atoms with van der Waals surface area (Å²) in [6.45, 7) is 2.53. The fourth-order valence-electron chi connectivity index (χ4n) is 2.71. The molecule has 0 aliphatic carbocycles. The van der Waals surface area contributed by atoms with Crippen molar-refractivity contribution in [2.45, 2.75) is 25.9 Å². The molecule has 2 aromatic carbocycles. The molecule has 1 aromatic heterocycles. The molecule has 0 aliphatic heterocycles. The van der Waals surface area contributed by atoms with Gasteiger partial charge in [0.15, 0.2) is 0 Å². The molecule has 1 heterocycles. The number of nitrogens with zero attached hydrogens (tertiary/aromatic N) is 1. The molecule has 3 nitrogen and oxygen atoms in total. The summed E-state index contributed by atoms with van der Waals surface area (Å²) in [7, 11) is 0. The molecule has 1 atom stereocenters. The maximum atomic E-state index is 12.9. The highest BCUT2D eigenvalue weighted by Gasteiger charge is 2.10. The van der Waals surface area contributed by atoms with E-state index in [-0.39, 0.29) is 17.8 Å². The third-order valence-electron chi connectivity index (χ3n) is 4.01. The molecule has 0 fully saturated rings. The fraction of sp³-hybridized carbons (Fsp3) is 0.211. The Balaban J connectivity index is 1.58. The van der Waals surface area contributed by atoms with Gasteiger partial charge in [-0.1, -0.05) is 30.3 Å². The van der Waals surface area contributed by atoms with E-state index < -0.39 is 0 Å². The van der Waals surface area contributed by atoms with Crippen LogP contribution in [0.2, 0.25) is 0 Å². The number of amides is 1. The van der Waals surface area contributed by atoms with Crippen molar-refractivity contribution in [1.29, 1.82) is 0 Å². The summed E-state index contributed by atoms with van der Waals surface area (Å²) in [5, 5.41) is 4.13. The van der Waals surface area contributed by atoms with E-state index in [1.165, 1.54) is 17.5 Å². The summed E-state index contributed by atoms with van der Waals surface area (Å²) in [5.41, 5.74) is 2.03. The monoisotopic (exact) mass is 310 g/mol. The zero-order valence-electron chi connectivity index (χ0n) is 13.0. The second-order valence-corrected chi connectivity index (χ2v) is 5.66. The number of hydrogen-bond acceptors (Lipinski definition) is 1. The number of aryl methyl sites for hydroxylation is 1. The van der Waals surface area contributed by atoms with Crippen LogP contribution in [0, 0.1) is 5.82 Å². The number of halogens is 1. The smallest absolute Gasteiger partial charge is 0.222 e. The number of rotatable bonds is 5. The lowest BCUT2D eigenvalue weighted by molar-refractivity contribution is -0.121. The fourth-order valence-corrected chi connectivity index (χ4v) is 2.71. The van der Waals surface area contributed by atoms with Crippen molar-refractivity contribution in [2.75, 3.05) is 0 Å². The Morgan fingerprint density at radius 1 is 1.13 bits per heavy atom. The first-order valence-electron chi connectivity index (χ1n) is 7.72. The maximum absolute atomic E-state index is 12.9. The third kappa shape index (κ3) is 3.59. The van der Waals surface area contributed by atoms with E-state index in [9.17, 15) is 9.18 Å². The van der Waals surface area contributed by atoms with Gasteiger partial charge < -0.3 is 9.88 Å². The Hall–Kier alpha value is -2.62. The molecule has 0 spiro atoms. The molecule has 0 unspecified atom stereocenters. The zero-order chi connectivity index (χ0) is 16.2. The predicted octanol–water partition coefficient (Wildman–Crippen LogP) is 4.05. The highest BCUT2D eigenvalue weighted by molar-refractivity contribution is 5.80. The summed E-state index contributed by atoms with van der Waals surface area (Å²) in [5.74, 6) is -0.286. The topological polar surface area (TPSA) is 34.0 Å². The van der Waals surface area contributed by atoms with Crippen molar-refractivity contribution in [2.24, 2.45) is 0 Å². The average molecular weight is 310 g/mol. The molecule has 4 heteroatoms. The SMILES string of the molecule is C[C@@H](NC(=O)CCn1ccc2ccccc21)c1ccc(F)cc1. The first-order chi connectivity index (χ1) is 11.1. The number of carbonyl (C=O) groups excluding carboxylic acids is 1. The molecule has 1 N–H and O–H groups in total. The van der Waals surface area contributed by atoms with Gasteiger partial charge in [0, 0.05) is 24.7 Å². The standard InChI is InChI=1S/C19H19FN2O/c1-14(15-6-8-17(20)9-7-15)21-19(23)11-13-22-12-10-16-4-2-3-5-18(16)22/h2-10,12,14H,11,13H2,1H3,(H,21,23)/t14-/m1/s1. The van der Waals surface area contributed by atoms with Crippen molar-refractivity contribution < 1.29 is 9.18 Å². The molecule has 3 aromatic rings. The molecule has 0 radical (unpaired) electrons. The van der Waals surface area contributed by atoms with E-state index in [0.29, 0.717) is 13.0 Å². The minimum absolute atomic E-state index is 0.0143. The maximum Gasteiger partial charge on any atom is 0.222 e. The molecule has 0 bridgehead atoms. The number of para-hydroxylation sites is 1. The van der Waals surface area contributed by atoms with Crippen LogP contribution in [0.5, 0.6) is 0 Å². The molecule has 23 heavy (non-hydrogen) atoms. The zero-order valence-corrected chi connectivity index (χ0v) is 13.0. The van der Waals surface area contributed by atoms with Gasteiger partial charge in [-0.2, -0.15) is 0 Å². The van der Waals surface area contributed by atoms with Gasteiger partial charge in [-0.3, -0.25) is 4.79 Å². The third-order valence-corrected chi connectivity index (χ3v) is 4.01. The molecule has 1 amide bonds. The summed E-state index contributed by atoms with van der Waals surface area (Å²) >= 11 is 0. The van der Waals surface area contributed by atoms with E-state index in [1.807, 2.05) is 37.4 Å². The number of carbonyl (C=O) groups is 1. The number of nitrogens with one attached hydrogen (secondary N) is 1. The van der Waals surface area contributed by atoms with Gasteiger partial charge in [0.05, 0.1) is 6.04 Å². The summed E-state index contributed by atoms with van der Waals surface area (Å²) in [6, 6.07) is 16.2. The number of aromatic nitrogens is 1. The van der Waals surface area contributed by atoms with Crippen LogP contribution in [0.4, 0.5) is 4.39 Å². The quantitative estimate of drug-likeness (QED) is 0.758. The Labute approximate surface area is 134 Å². The molecule has 118 valence electrons. The van der Waals surface area contributed by atoms with Gasteiger partial charge in [-0.25, -0.2) is 4.39 Å². The minimum atomic E-state index is -0.272. The molecular formula is C19H19FN2O. The Bertz CT molecular complexity index is 808. The van der Waals surface area contributed by atoms with Gasteiger partial charge in [0.1, 0.15) is 5.82 Å². The Morgan fingerprint density at radius 2 is 1.87 bits per heavy atom. The van der Waals surface area contributed by atoms with Crippen LogP contribution in [0.1, 0.15) is 24.9 Å². The Morgan fingerprint density at radius 3 is 2.65 bits per heavy atom. The van der Waals surface area contributed by atoms with E-state index in [0.717, 1.165) is 11.1 Å². The van der Waals surface area contributed by atoms with Crippen LogP contribution in [0.3, 0.4) is 0 Å². The van der Waals surface area contributed by atoms with Gasteiger partial charge in [0.25, 0.3) is 0 Å². The first-order valence-corrected chi connectivity index (χ1v) is 7.72. The number of hydrogen-bond donors (Lipinski definition) is 1. The summed E-state index contributed by atoms with van der Waals surface area (Å²) < 4.78 is 15.0. The van der Waals surface area contributed by atoms with E-state index in [4.69, 9.17) is 0 Å². The van der Waals surface area contributed by atoms with Crippen molar-refractivity contribution in [3.8, 4) is 0 Å². The van der Waals surface area contributed by atoms with Crippen LogP contribution < -0.4 is 5.32 Å². The van der Waals surface area contributed by atoms with E-state index in [2.05, 4.69) is 16.0 Å². The van der Waals surface area contributed by atoms with Crippen LogP contribution in [0.15, 0.2) is 60.8 Å². The van der Waals surface area contributed by atoms with E-state index >= 15 is 0 Å². The highest BCUT2D eigenvalue weighted by atomic mass is 19.1. The van der Waals surface area contributed by atoms with Crippen LogP contribution in [-0.2, 0) is 11.3 Å². The first kappa shape index (κ1) is 15.3. The molecule has 0 saturated carbocycles. The second-order valence-electron chi connectivity index (χ2n) is 5.66. The summed E-state index contributed by atoms with van der Waals surface area (Å²) in [4.78, 5) is 12.1. The van der Waals surface area contributed by atoms with Crippen molar-refractivity contribution in [3.63, 3.8) is 0 Å². The summed E-state index contributed by atoms with van der Waals surface area (Å²) in [6.07, 6.45) is 2.41. The van der Waals surface area contributed by atoms with Crippen molar-refractivity contribution in [1.82, 2.24) is 9.88 Å². The predicted molar refractivity (Wildman–Crippen MR) is 89.5 cm³/mol. The normalized spacial score (nSPS) is 12.3. The van der Waals surface area contributed by atoms with Crippen LogP contribution in [-0.4, -0.2) is 10.5 Å². The van der Waals surface area contributed by atoms with Crippen LogP contribution >= 0.6 is 0 Å². The van der Waals surface area contributed by atoms with Crippen molar-refractivity contribution in [3.05, 3.63) is 72.2 Å². The highest BCUT2D eigenvalue weighted by Crippen LogP contribution is 2.16. The number of fused-ring (bicyclic) bond motifs is 1. The average Bonchev–Trinajstić information content (AvgIpc) is 2.97. The van der Waals surface area contributed by atoms with Crippen molar-refractivity contribution >= 4 is 16.8 Å². The second kappa shape index (κ2) is 6.65. The number of benzene rings is 2. The van der Waals surface area contributed by atoms with Gasteiger partial charge in [-0.15, -0.1) is 0 Å². The lowest BCUT2D eigenvalue weighted by Crippen LogP contribution is -2.27. The lowest BCUT2D eigenvalue weighted by atomic mass is 10.1.